The smallest absolute Gasteiger partial charge is 0.423 e. The third-order valence-corrected chi connectivity index (χ3v) is 10.8. The van der Waals surface area contributed by atoms with Crippen LogP contribution >= 0.6 is 58.0 Å². The molecule has 3 aliphatic rings. The summed E-state index contributed by atoms with van der Waals surface area (Å²) in [5.41, 5.74) is -4.78. The van der Waals surface area contributed by atoms with Crippen molar-refractivity contribution in [1.29, 1.82) is 0 Å². The van der Waals surface area contributed by atoms with Crippen LogP contribution in [0.4, 0.5) is 35.1 Å². The molecule has 0 saturated heterocycles. The number of halogens is 13. The van der Waals surface area contributed by atoms with Crippen molar-refractivity contribution in [2.75, 3.05) is 0 Å². The second-order valence-corrected chi connectivity index (χ2v) is 16.7. The van der Waals surface area contributed by atoms with Crippen molar-refractivity contribution in [3.63, 3.8) is 0 Å². The summed E-state index contributed by atoms with van der Waals surface area (Å²) in [5.74, 6) is -1.52. The van der Waals surface area contributed by atoms with Crippen LogP contribution in [0.25, 0.3) is 5.57 Å². The fourth-order valence-electron chi connectivity index (χ4n) is 6.60. The Morgan fingerprint density at radius 2 is 1.20 bits per heavy atom. The quantitative estimate of drug-likeness (QED) is 0.0618. The summed E-state index contributed by atoms with van der Waals surface area (Å²) in [6.45, 7) is 9.74. The molecule has 0 spiro atoms. The van der Waals surface area contributed by atoms with Gasteiger partial charge in [0, 0.05) is 31.2 Å². The maximum atomic E-state index is 14.8. The normalized spacial score (nSPS) is 18.9. The van der Waals surface area contributed by atoms with Crippen molar-refractivity contribution in [2.24, 2.45) is 10.3 Å². The number of rotatable bonds is 4. The van der Waals surface area contributed by atoms with Crippen LogP contribution in [0.15, 0.2) is 77.6 Å². The Bertz CT molecular complexity index is 2410. The average molecular weight is 961 g/mol. The molecule has 0 saturated carbocycles. The van der Waals surface area contributed by atoms with E-state index in [0.717, 1.165) is 24.3 Å². The fraction of sp³-hybridized carbons (Fsp3) is 0.263. The van der Waals surface area contributed by atoms with Crippen molar-refractivity contribution in [3.8, 4) is 0 Å². The van der Waals surface area contributed by atoms with E-state index in [4.69, 9.17) is 77.4 Å². The second-order valence-electron chi connectivity index (χ2n) is 14.6. The number of alkyl halides is 6. The molecule has 0 aromatic heterocycles. The van der Waals surface area contributed by atoms with Crippen molar-refractivity contribution in [3.05, 3.63) is 132 Å². The van der Waals surface area contributed by atoms with E-state index in [1.54, 1.807) is 27.7 Å². The summed E-state index contributed by atoms with van der Waals surface area (Å²) in [4.78, 5) is 4.91. The highest BCUT2D eigenvalue weighted by molar-refractivity contribution is 6.69. The predicted molar refractivity (Wildman–Crippen MR) is 218 cm³/mol. The topological polar surface area (TPSA) is 113 Å². The molecular weight excluding hydrogens is 931 g/mol. The van der Waals surface area contributed by atoms with Crippen molar-refractivity contribution in [2.45, 2.75) is 63.3 Å². The molecule has 324 valence electrons. The van der Waals surface area contributed by atoms with E-state index in [1.165, 1.54) is 36.4 Å². The first-order valence-corrected chi connectivity index (χ1v) is 19.2. The molecule has 1 unspecified atom stereocenters. The van der Waals surface area contributed by atoms with Gasteiger partial charge in [0.25, 0.3) is 5.60 Å². The Kier molecular flexibility index (Phi) is 13.9. The van der Waals surface area contributed by atoms with E-state index >= 15 is 0 Å². The van der Waals surface area contributed by atoms with Gasteiger partial charge in [0.1, 0.15) is 11.6 Å². The van der Waals surface area contributed by atoms with Gasteiger partial charge < -0.3 is 29.4 Å². The number of hydrogen-bond donors (Lipinski definition) is 3. The minimum Gasteiger partial charge on any atom is -0.423 e. The molecule has 0 fully saturated rings. The minimum absolute atomic E-state index is 0.00484. The minimum atomic E-state index is -4.89. The first-order chi connectivity index (χ1) is 28.0. The van der Waals surface area contributed by atoms with Crippen LogP contribution in [0, 0.1) is 11.6 Å². The molecule has 0 amide bonds. The van der Waals surface area contributed by atoms with Gasteiger partial charge in [0.2, 0.25) is 0 Å². The van der Waals surface area contributed by atoms with E-state index in [-0.39, 0.29) is 58.7 Å². The molecule has 4 aromatic carbocycles. The average Bonchev–Trinajstić information content (AvgIpc) is 3.75. The van der Waals surface area contributed by atoms with E-state index in [9.17, 15) is 45.2 Å². The Morgan fingerprint density at radius 1 is 0.738 bits per heavy atom. The maximum Gasteiger partial charge on any atom is 0.492 e. The molecule has 3 aliphatic heterocycles. The van der Waals surface area contributed by atoms with Gasteiger partial charge in [0.15, 0.2) is 5.17 Å². The van der Waals surface area contributed by atoms with Crippen LogP contribution in [0.2, 0.25) is 20.1 Å². The van der Waals surface area contributed by atoms with Gasteiger partial charge in [-0.25, -0.2) is 8.78 Å². The lowest BCUT2D eigenvalue weighted by Crippen LogP contribution is -2.42. The summed E-state index contributed by atoms with van der Waals surface area (Å²) >= 11 is 28.5. The summed E-state index contributed by atoms with van der Waals surface area (Å²) in [6, 6.07) is 12.1. The van der Waals surface area contributed by atoms with Gasteiger partial charge in [-0.05, 0) is 116 Å². The standard InChI is InChI=1S/C19H14BCl2F4NO3.C10H10BClFNO3.C9H5Cl2F3/c1-17(2)13-6-12(15(23)7-14(13)20(28)29-17)16-8-18(30-27-16,19(24,25)26)9-3-10(21)5-11(22)4-9;1-10(2)6-3-5(9(12)14-16)8(13)4-7(6)11(15)17-10;1-5(9(12,13)14)6-2-7(10)4-8(11)3-6/h3-7,28H,8H2,1-2H3;3-4,15-16H,1-2H3;2-4H,1H2. The van der Waals surface area contributed by atoms with Crippen LogP contribution in [0.5, 0.6) is 0 Å². The molecule has 0 radical (unpaired) electrons. The highest BCUT2D eigenvalue weighted by Crippen LogP contribution is 2.50. The molecule has 8 nitrogen and oxygen atoms in total. The Balaban J connectivity index is 0.000000192. The van der Waals surface area contributed by atoms with Gasteiger partial charge in [0.05, 0.1) is 34.5 Å². The largest absolute Gasteiger partial charge is 0.492 e. The van der Waals surface area contributed by atoms with Gasteiger partial charge >= 0.3 is 26.6 Å². The second kappa shape index (κ2) is 17.5. The lowest BCUT2D eigenvalue weighted by Gasteiger charge is -2.29. The zero-order chi connectivity index (χ0) is 45.8. The summed E-state index contributed by atoms with van der Waals surface area (Å²) in [7, 11) is -2.49. The zero-order valence-electron chi connectivity index (χ0n) is 31.7. The summed E-state index contributed by atoms with van der Waals surface area (Å²) in [5, 5.41) is 34.4. The highest BCUT2D eigenvalue weighted by atomic mass is 35.5. The van der Waals surface area contributed by atoms with E-state index < -0.39 is 67.0 Å². The van der Waals surface area contributed by atoms with Crippen molar-refractivity contribution >= 4 is 99.6 Å². The van der Waals surface area contributed by atoms with E-state index in [0.29, 0.717) is 16.6 Å². The van der Waals surface area contributed by atoms with Crippen LogP contribution in [0.3, 0.4) is 0 Å². The number of oxime groups is 2. The van der Waals surface area contributed by atoms with Crippen LogP contribution in [0.1, 0.15) is 67.5 Å². The van der Waals surface area contributed by atoms with Gasteiger partial charge in [-0.3, -0.25) is 0 Å². The first-order valence-electron chi connectivity index (χ1n) is 17.3. The zero-order valence-corrected chi connectivity index (χ0v) is 35.5. The van der Waals surface area contributed by atoms with Crippen LogP contribution < -0.4 is 10.9 Å². The Morgan fingerprint density at radius 3 is 1.66 bits per heavy atom. The molecule has 61 heavy (non-hydrogen) atoms. The molecular formula is C38H29B2Cl5F8N2O6. The summed E-state index contributed by atoms with van der Waals surface area (Å²) < 4.78 is 118. The van der Waals surface area contributed by atoms with Crippen molar-refractivity contribution in [1.82, 2.24) is 0 Å². The molecule has 1 atom stereocenters. The SMILES string of the molecule is C=C(c1cc(Cl)cc(Cl)c1)C(F)(F)F.CC1(C)OB(O)c2cc(F)c(C(Cl)=NO)cc21.CC1(C)OB(O)c2cc(F)c(C3=NOC(c4cc(Cl)cc(Cl)c4)(C(F)(F)F)C3)cc21. The number of hydrogen-bond acceptors (Lipinski definition) is 8. The lowest BCUT2D eigenvalue weighted by molar-refractivity contribution is -0.275. The number of fused-ring (bicyclic) bond motifs is 2. The molecule has 3 heterocycles. The van der Waals surface area contributed by atoms with Gasteiger partial charge in [-0.2, -0.15) is 26.3 Å². The molecule has 23 heteroatoms. The third kappa shape index (κ3) is 10.1. The number of nitrogens with zero attached hydrogens (tertiary/aromatic N) is 2. The predicted octanol–water partition coefficient (Wildman–Crippen LogP) is 10.4. The van der Waals surface area contributed by atoms with Crippen molar-refractivity contribution < 1.29 is 64.5 Å². The summed E-state index contributed by atoms with van der Waals surface area (Å²) in [6.07, 6.45) is -10.1. The molecule has 3 N–H and O–H groups in total. The fourth-order valence-corrected chi connectivity index (χ4v) is 7.80. The van der Waals surface area contributed by atoms with Gasteiger partial charge in [-0.15, -0.1) is 0 Å². The van der Waals surface area contributed by atoms with Gasteiger partial charge in [-0.1, -0.05) is 74.9 Å². The Hall–Kier alpha value is -3.58. The van der Waals surface area contributed by atoms with E-state index in [2.05, 4.69) is 16.9 Å². The highest BCUT2D eigenvalue weighted by Gasteiger charge is 2.62. The molecule has 4 aromatic rings. The maximum absolute atomic E-state index is 14.8. The Labute approximate surface area is 368 Å². The lowest BCUT2D eigenvalue weighted by atomic mass is 9.77. The monoisotopic (exact) mass is 958 g/mol. The number of benzene rings is 4. The molecule has 7 rings (SSSR count). The molecule has 0 aliphatic carbocycles. The first kappa shape index (κ1) is 48.5. The van der Waals surface area contributed by atoms with Crippen LogP contribution in [-0.4, -0.2) is 52.7 Å². The van der Waals surface area contributed by atoms with Crippen LogP contribution in [-0.2, 0) is 30.9 Å². The third-order valence-electron chi connectivity index (χ3n) is 9.61. The molecule has 0 bridgehead atoms. The van der Waals surface area contributed by atoms with E-state index in [1.807, 2.05) is 0 Å². The number of allylic oxidation sites excluding steroid dienone is 1.